The number of rotatable bonds is 4. The van der Waals surface area contributed by atoms with Gasteiger partial charge >= 0.3 is 0 Å². The van der Waals surface area contributed by atoms with Crippen LogP contribution in [0.4, 0.5) is 4.39 Å². The Kier molecular flexibility index (Phi) is 8.15. The molecular formula is C20H25FIN3O. The highest BCUT2D eigenvalue weighted by Crippen LogP contribution is 2.18. The largest absolute Gasteiger partial charge is 0.490 e. The van der Waals surface area contributed by atoms with E-state index in [0.29, 0.717) is 6.54 Å². The summed E-state index contributed by atoms with van der Waals surface area (Å²) in [4.78, 5) is 6.58. The number of aliphatic imine (C=N–C) groups is 1. The van der Waals surface area contributed by atoms with Crippen molar-refractivity contribution in [3.8, 4) is 5.75 Å². The first-order valence-corrected chi connectivity index (χ1v) is 8.66. The van der Waals surface area contributed by atoms with Gasteiger partial charge in [0.15, 0.2) is 5.96 Å². The molecule has 2 aromatic rings. The molecule has 0 atom stereocenters. The van der Waals surface area contributed by atoms with Crippen molar-refractivity contribution in [3.05, 3.63) is 66.0 Å². The molecule has 26 heavy (non-hydrogen) atoms. The summed E-state index contributed by atoms with van der Waals surface area (Å²) >= 11 is 0. The minimum absolute atomic E-state index is 0. The van der Waals surface area contributed by atoms with Gasteiger partial charge in [0.1, 0.15) is 17.7 Å². The second-order valence-corrected chi connectivity index (χ2v) is 6.15. The third kappa shape index (κ3) is 5.86. The lowest BCUT2D eigenvalue weighted by molar-refractivity contribution is 0.129. The van der Waals surface area contributed by atoms with E-state index in [9.17, 15) is 4.39 Å². The molecule has 1 aliphatic heterocycles. The van der Waals surface area contributed by atoms with Gasteiger partial charge in [0.25, 0.3) is 0 Å². The number of ether oxygens (including phenoxy) is 1. The van der Waals surface area contributed by atoms with Crippen LogP contribution in [-0.2, 0) is 6.54 Å². The molecule has 0 radical (unpaired) electrons. The zero-order valence-electron chi connectivity index (χ0n) is 14.9. The van der Waals surface area contributed by atoms with E-state index in [1.165, 1.54) is 6.07 Å². The van der Waals surface area contributed by atoms with Crippen molar-refractivity contribution in [2.45, 2.75) is 25.5 Å². The maximum absolute atomic E-state index is 13.3. The lowest BCUT2D eigenvalue weighted by Crippen LogP contribution is -2.47. The molecule has 2 aromatic carbocycles. The number of benzene rings is 2. The van der Waals surface area contributed by atoms with Crippen molar-refractivity contribution < 1.29 is 9.13 Å². The van der Waals surface area contributed by atoms with Crippen molar-refractivity contribution in [1.29, 1.82) is 0 Å². The monoisotopic (exact) mass is 469 g/mol. The fourth-order valence-electron chi connectivity index (χ4n) is 3.04. The number of piperidine rings is 1. The third-order valence-corrected chi connectivity index (χ3v) is 4.34. The topological polar surface area (TPSA) is 36.9 Å². The molecule has 140 valence electrons. The first-order valence-electron chi connectivity index (χ1n) is 8.66. The van der Waals surface area contributed by atoms with Crippen molar-refractivity contribution >= 4 is 29.9 Å². The summed E-state index contributed by atoms with van der Waals surface area (Å²) in [5.74, 6) is 1.56. The van der Waals surface area contributed by atoms with Crippen LogP contribution in [0.15, 0.2) is 59.6 Å². The summed E-state index contributed by atoms with van der Waals surface area (Å²) in [6.07, 6.45) is 2.14. The predicted molar refractivity (Wildman–Crippen MR) is 114 cm³/mol. The molecule has 0 spiro atoms. The molecule has 3 rings (SSSR count). The first-order chi connectivity index (χ1) is 12.2. The van der Waals surface area contributed by atoms with E-state index in [4.69, 9.17) is 4.74 Å². The average molecular weight is 469 g/mol. The zero-order valence-corrected chi connectivity index (χ0v) is 17.2. The highest BCUT2D eigenvalue weighted by Gasteiger charge is 2.22. The third-order valence-electron chi connectivity index (χ3n) is 4.34. The van der Waals surface area contributed by atoms with E-state index in [0.717, 1.165) is 43.2 Å². The van der Waals surface area contributed by atoms with Gasteiger partial charge in [-0.2, -0.15) is 0 Å². The maximum Gasteiger partial charge on any atom is 0.193 e. The van der Waals surface area contributed by atoms with Gasteiger partial charge in [-0.1, -0.05) is 30.3 Å². The Labute approximate surface area is 171 Å². The molecule has 6 heteroatoms. The fourth-order valence-corrected chi connectivity index (χ4v) is 3.04. The summed E-state index contributed by atoms with van der Waals surface area (Å²) in [6.45, 7) is 2.34. The number of nitrogens with one attached hydrogen (secondary N) is 1. The van der Waals surface area contributed by atoms with E-state index >= 15 is 0 Å². The van der Waals surface area contributed by atoms with Crippen molar-refractivity contribution in [1.82, 2.24) is 10.2 Å². The number of para-hydroxylation sites is 1. The van der Waals surface area contributed by atoms with Gasteiger partial charge in [-0.15, -0.1) is 24.0 Å². The molecule has 0 amide bonds. The summed E-state index contributed by atoms with van der Waals surface area (Å²) in [6, 6.07) is 16.6. The molecule has 1 saturated heterocycles. The molecule has 1 heterocycles. The number of nitrogens with zero attached hydrogens (tertiary/aromatic N) is 2. The van der Waals surface area contributed by atoms with Crippen LogP contribution in [0.1, 0.15) is 18.4 Å². The molecule has 0 aliphatic carbocycles. The van der Waals surface area contributed by atoms with Gasteiger partial charge < -0.3 is 15.0 Å². The SMILES string of the molecule is CN=C(NCc1cccc(F)c1)N1CCC(Oc2ccccc2)CC1.I. The van der Waals surface area contributed by atoms with E-state index < -0.39 is 0 Å². The zero-order chi connectivity index (χ0) is 17.5. The Balaban J connectivity index is 0.00000243. The van der Waals surface area contributed by atoms with E-state index in [-0.39, 0.29) is 35.9 Å². The van der Waals surface area contributed by atoms with Crippen LogP contribution in [0.2, 0.25) is 0 Å². The predicted octanol–water partition coefficient (Wildman–Crippen LogP) is 4.06. The molecule has 0 saturated carbocycles. The van der Waals surface area contributed by atoms with Crippen LogP contribution in [0.25, 0.3) is 0 Å². The molecule has 1 N–H and O–H groups in total. The Morgan fingerprint density at radius 1 is 1.15 bits per heavy atom. The van der Waals surface area contributed by atoms with Crippen LogP contribution in [0, 0.1) is 5.82 Å². The number of hydrogen-bond acceptors (Lipinski definition) is 2. The second-order valence-electron chi connectivity index (χ2n) is 6.15. The molecule has 0 unspecified atom stereocenters. The first kappa shape index (κ1) is 20.5. The molecule has 1 aliphatic rings. The van der Waals surface area contributed by atoms with Crippen LogP contribution < -0.4 is 10.1 Å². The van der Waals surface area contributed by atoms with Gasteiger partial charge in [0.2, 0.25) is 0 Å². The van der Waals surface area contributed by atoms with E-state index in [1.54, 1.807) is 19.2 Å². The van der Waals surface area contributed by atoms with E-state index in [1.807, 2.05) is 36.4 Å². The molecule has 4 nitrogen and oxygen atoms in total. The lowest BCUT2D eigenvalue weighted by Gasteiger charge is -2.34. The minimum atomic E-state index is -0.215. The minimum Gasteiger partial charge on any atom is -0.490 e. The second kappa shape index (κ2) is 10.4. The number of halogens is 2. The van der Waals surface area contributed by atoms with Gasteiger partial charge in [0, 0.05) is 39.5 Å². The molecule has 0 aromatic heterocycles. The van der Waals surface area contributed by atoms with E-state index in [2.05, 4.69) is 15.2 Å². The quantitative estimate of drug-likeness (QED) is 0.417. The van der Waals surface area contributed by atoms with Crippen molar-refractivity contribution in [2.75, 3.05) is 20.1 Å². The Hall–Kier alpha value is -1.83. The Morgan fingerprint density at radius 2 is 1.88 bits per heavy atom. The highest BCUT2D eigenvalue weighted by atomic mass is 127. The number of likely N-dealkylation sites (tertiary alicyclic amines) is 1. The van der Waals surface area contributed by atoms with Crippen molar-refractivity contribution in [2.24, 2.45) is 4.99 Å². The van der Waals surface area contributed by atoms with Gasteiger partial charge in [0.05, 0.1) is 0 Å². The maximum atomic E-state index is 13.3. The number of guanidine groups is 1. The summed E-state index contributed by atoms with van der Waals surface area (Å²) in [7, 11) is 1.78. The standard InChI is InChI=1S/C20H24FN3O.HI/c1-22-20(23-15-16-6-5-7-17(21)14-16)24-12-10-19(11-13-24)25-18-8-3-2-4-9-18;/h2-9,14,19H,10-13,15H2,1H3,(H,22,23);1H. The molecular weight excluding hydrogens is 444 g/mol. The van der Waals surface area contributed by atoms with Gasteiger partial charge in [-0.05, 0) is 29.8 Å². The van der Waals surface area contributed by atoms with Crippen LogP contribution in [0.3, 0.4) is 0 Å². The van der Waals surface area contributed by atoms with Gasteiger partial charge in [-0.3, -0.25) is 4.99 Å². The molecule has 0 bridgehead atoms. The summed E-state index contributed by atoms with van der Waals surface area (Å²) in [5.41, 5.74) is 0.906. The highest BCUT2D eigenvalue weighted by molar-refractivity contribution is 14.0. The fraction of sp³-hybridized carbons (Fsp3) is 0.350. The smallest absolute Gasteiger partial charge is 0.193 e. The summed E-state index contributed by atoms with van der Waals surface area (Å²) in [5, 5.41) is 3.32. The summed E-state index contributed by atoms with van der Waals surface area (Å²) < 4.78 is 19.3. The Bertz CT molecular complexity index is 703. The number of hydrogen-bond donors (Lipinski definition) is 1. The normalized spacial score (nSPS) is 15.3. The van der Waals surface area contributed by atoms with Crippen LogP contribution in [-0.4, -0.2) is 37.1 Å². The van der Waals surface area contributed by atoms with Crippen molar-refractivity contribution in [3.63, 3.8) is 0 Å². The van der Waals surface area contributed by atoms with Crippen LogP contribution in [0.5, 0.6) is 5.75 Å². The van der Waals surface area contributed by atoms with Crippen LogP contribution >= 0.6 is 24.0 Å². The average Bonchev–Trinajstić information content (AvgIpc) is 2.64. The molecule has 1 fully saturated rings. The lowest BCUT2D eigenvalue weighted by atomic mass is 10.1. The van der Waals surface area contributed by atoms with Gasteiger partial charge in [-0.25, -0.2) is 4.39 Å². The Morgan fingerprint density at radius 3 is 2.54 bits per heavy atom.